The monoisotopic (exact) mass is 428 g/mol. The number of nitrogens with two attached hydrogens (primary N) is 1. The van der Waals surface area contributed by atoms with Gasteiger partial charge in [0.05, 0.1) is 24.4 Å². The Bertz CT molecular complexity index is 766. The number of thiazole rings is 1. The van der Waals surface area contributed by atoms with E-state index in [1.165, 1.54) is 18.4 Å². The van der Waals surface area contributed by atoms with Crippen molar-refractivity contribution in [2.75, 3.05) is 31.5 Å². The molecule has 1 aromatic heterocycles. The summed E-state index contributed by atoms with van der Waals surface area (Å²) in [6, 6.07) is 3.54. The molecule has 0 saturated heterocycles. The molecule has 0 atom stereocenters. The van der Waals surface area contributed by atoms with Crippen molar-refractivity contribution in [2.24, 2.45) is 5.10 Å². The maximum atomic E-state index is 11.3. The van der Waals surface area contributed by atoms with Crippen molar-refractivity contribution in [2.45, 2.75) is 6.92 Å². The second-order valence-electron chi connectivity index (χ2n) is 4.58. The van der Waals surface area contributed by atoms with E-state index in [2.05, 4.69) is 36.2 Å². The average molecular weight is 429 g/mol. The highest BCUT2D eigenvalue weighted by molar-refractivity contribution is 9.10. The molecule has 0 radical (unpaired) electrons. The van der Waals surface area contributed by atoms with Crippen LogP contribution in [0.1, 0.15) is 12.5 Å². The third kappa shape index (κ3) is 5.61. The molecule has 0 aliphatic heterocycles. The minimum absolute atomic E-state index is 0.213. The fourth-order valence-electron chi connectivity index (χ4n) is 1.76. The van der Waals surface area contributed by atoms with E-state index in [4.69, 9.17) is 15.2 Å². The molecule has 2 rings (SSSR count). The average Bonchev–Trinajstić information content (AvgIpc) is 2.99. The zero-order valence-electron chi connectivity index (χ0n) is 13.6. The third-order valence-corrected chi connectivity index (χ3v) is 4.14. The van der Waals surface area contributed by atoms with E-state index in [0.29, 0.717) is 33.5 Å². The van der Waals surface area contributed by atoms with Gasteiger partial charge in [-0.1, -0.05) is 0 Å². The molecule has 0 saturated carbocycles. The molecule has 2 aromatic rings. The Balaban J connectivity index is 2.14. The predicted octanol–water partition coefficient (Wildman–Crippen LogP) is 2.88. The molecular formula is C15H17BrN4O4S. The number of esters is 1. The summed E-state index contributed by atoms with van der Waals surface area (Å²) in [5, 5.41) is 6.42. The fourth-order valence-corrected chi connectivity index (χ4v) is 2.88. The lowest BCUT2D eigenvalue weighted by Gasteiger charge is -2.13. The van der Waals surface area contributed by atoms with Gasteiger partial charge in [0.2, 0.25) is 5.13 Å². The Morgan fingerprint density at radius 1 is 1.48 bits per heavy atom. The SMILES string of the molecule is CCOc1cc(C=NNc2nc(N)cs2)cc(Br)c1OCC(=O)OC. The first-order chi connectivity index (χ1) is 12.0. The number of rotatable bonds is 8. The van der Waals surface area contributed by atoms with Crippen molar-refractivity contribution >= 4 is 50.4 Å². The maximum absolute atomic E-state index is 11.3. The predicted molar refractivity (Wildman–Crippen MR) is 101 cm³/mol. The highest BCUT2D eigenvalue weighted by Gasteiger charge is 2.13. The summed E-state index contributed by atoms with van der Waals surface area (Å²) in [6.07, 6.45) is 1.61. The minimum atomic E-state index is -0.480. The first-order valence-electron chi connectivity index (χ1n) is 7.19. The molecule has 0 amide bonds. The molecule has 0 bridgehead atoms. The number of carbonyl (C=O) groups is 1. The molecule has 0 aliphatic carbocycles. The second kappa shape index (κ2) is 9.23. The van der Waals surface area contributed by atoms with Gasteiger partial charge in [-0.2, -0.15) is 5.10 Å². The number of ether oxygens (including phenoxy) is 3. The Hall–Kier alpha value is -2.33. The maximum Gasteiger partial charge on any atom is 0.343 e. The number of nitrogen functional groups attached to an aromatic ring is 1. The summed E-state index contributed by atoms with van der Waals surface area (Å²) < 4.78 is 16.2. The van der Waals surface area contributed by atoms with Crippen LogP contribution in [0.2, 0.25) is 0 Å². The second-order valence-corrected chi connectivity index (χ2v) is 6.29. The molecule has 0 aliphatic rings. The van der Waals surface area contributed by atoms with E-state index < -0.39 is 5.97 Å². The van der Waals surface area contributed by atoms with Gasteiger partial charge < -0.3 is 19.9 Å². The van der Waals surface area contributed by atoms with Crippen LogP contribution >= 0.6 is 27.3 Å². The number of halogens is 1. The van der Waals surface area contributed by atoms with Gasteiger partial charge in [-0.05, 0) is 40.5 Å². The standard InChI is InChI=1S/C15H17BrN4O4S/c1-3-23-11-5-9(6-18-20-15-19-12(17)8-25-15)4-10(16)14(11)24-7-13(21)22-2/h4-6,8H,3,7,17H2,1-2H3,(H,19,20). The van der Waals surface area contributed by atoms with Crippen LogP contribution in [0, 0.1) is 0 Å². The third-order valence-electron chi connectivity index (χ3n) is 2.79. The van der Waals surface area contributed by atoms with Gasteiger partial charge in [0.25, 0.3) is 0 Å². The zero-order valence-corrected chi connectivity index (χ0v) is 16.0. The Morgan fingerprint density at radius 2 is 2.28 bits per heavy atom. The lowest BCUT2D eigenvalue weighted by Crippen LogP contribution is -2.13. The van der Waals surface area contributed by atoms with Crippen molar-refractivity contribution in [1.82, 2.24) is 4.98 Å². The van der Waals surface area contributed by atoms with E-state index in [0.717, 1.165) is 5.56 Å². The van der Waals surface area contributed by atoms with Crippen LogP contribution in [-0.4, -0.2) is 37.5 Å². The molecule has 0 unspecified atom stereocenters. The number of hydrogen-bond donors (Lipinski definition) is 2. The molecular weight excluding hydrogens is 412 g/mol. The summed E-state index contributed by atoms with van der Waals surface area (Å²) in [5.41, 5.74) is 9.11. The van der Waals surface area contributed by atoms with Gasteiger partial charge in [-0.15, -0.1) is 11.3 Å². The van der Waals surface area contributed by atoms with Crippen LogP contribution in [0.5, 0.6) is 11.5 Å². The fraction of sp³-hybridized carbons (Fsp3) is 0.267. The van der Waals surface area contributed by atoms with Crippen molar-refractivity contribution in [3.05, 3.63) is 27.5 Å². The summed E-state index contributed by atoms with van der Waals surface area (Å²) >= 11 is 4.77. The number of aromatic nitrogens is 1. The number of hydrazone groups is 1. The quantitative estimate of drug-likeness (QED) is 0.377. The van der Waals surface area contributed by atoms with Gasteiger partial charge in [0, 0.05) is 5.38 Å². The van der Waals surface area contributed by atoms with Crippen molar-refractivity contribution in [3.63, 3.8) is 0 Å². The molecule has 0 fully saturated rings. The lowest BCUT2D eigenvalue weighted by atomic mass is 10.2. The van der Waals surface area contributed by atoms with Gasteiger partial charge in [0.1, 0.15) is 5.82 Å². The van der Waals surface area contributed by atoms with Gasteiger partial charge in [-0.3, -0.25) is 5.43 Å². The van der Waals surface area contributed by atoms with Crippen LogP contribution in [-0.2, 0) is 9.53 Å². The molecule has 10 heteroatoms. The Kier molecular flexibility index (Phi) is 7.02. The first-order valence-corrected chi connectivity index (χ1v) is 8.86. The number of methoxy groups -OCH3 is 1. The molecule has 8 nitrogen and oxygen atoms in total. The van der Waals surface area contributed by atoms with Crippen LogP contribution in [0.25, 0.3) is 0 Å². The number of benzene rings is 1. The van der Waals surface area contributed by atoms with Crippen molar-refractivity contribution < 1.29 is 19.0 Å². The molecule has 0 spiro atoms. The lowest BCUT2D eigenvalue weighted by molar-refractivity contribution is -0.142. The van der Waals surface area contributed by atoms with Crippen LogP contribution < -0.4 is 20.6 Å². The highest BCUT2D eigenvalue weighted by Crippen LogP contribution is 2.36. The number of nitrogens with one attached hydrogen (secondary N) is 1. The summed E-state index contributed by atoms with van der Waals surface area (Å²) in [7, 11) is 1.30. The number of carbonyl (C=O) groups excluding carboxylic acids is 1. The number of anilines is 2. The van der Waals surface area contributed by atoms with Gasteiger partial charge in [-0.25, -0.2) is 9.78 Å². The number of nitrogens with zero attached hydrogens (tertiary/aromatic N) is 2. The molecule has 1 aromatic carbocycles. The van der Waals surface area contributed by atoms with Crippen LogP contribution in [0.3, 0.4) is 0 Å². The summed E-state index contributed by atoms with van der Waals surface area (Å²) in [5.74, 6) is 0.869. The smallest absolute Gasteiger partial charge is 0.343 e. The van der Waals surface area contributed by atoms with E-state index in [1.54, 1.807) is 23.7 Å². The molecule has 3 N–H and O–H groups in total. The first kappa shape index (κ1) is 19.0. The Morgan fingerprint density at radius 3 is 2.92 bits per heavy atom. The van der Waals surface area contributed by atoms with E-state index >= 15 is 0 Å². The van der Waals surface area contributed by atoms with Crippen molar-refractivity contribution in [1.29, 1.82) is 0 Å². The largest absolute Gasteiger partial charge is 0.490 e. The van der Waals surface area contributed by atoms with E-state index in [-0.39, 0.29) is 6.61 Å². The minimum Gasteiger partial charge on any atom is -0.490 e. The zero-order chi connectivity index (χ0) is 18.2. The van der Waals surface area contributed by atoms with Crippen LogP contribution in [0.15, 0.2) is 27.1 Å². The molecule has 1 heterocycles. The highest BCUT2D eigenvalue weighted by atomic mass is 79.9. The van der Waals surface area contributed by atoms with Crippen molar-refractivity contribution in [3.8, 4) is 11.5 Å². The van der Waals surface area contributed by atoms with Gasteiger partial charge >= 0.3 is 5.97 Å². The Labute approximate surface area is 157 Å². The molecule has 134 valence electrons. The van der Waals surface area contributed by atoms with E-state index in [9.17, 15) is 4.79 Å². The normalized spacial score (nSPS) is 10.7. The van der Waals surface area contributed by atoms with Gasteiger partial charge in [0.15, 0.2) is 18.1 Å². The molecule has 25 heavy (non-hydrogen) atoms. The summed E-state index contributed by atoms with van der Waals surface area (Å²) in [4.78, 5) is 15.3. The van der Waals surface area contributed by atoms with E-state index in [1.807, 2.05) is 6.92 Å². The number of hydrogen-bond acceptors (Lipinski definition) is 9. The van der Waals surface area contributed by atoms with Crippen LogP contribution in [0.4, 0.5) is 10.9 Å². The topological polar surface area (TPSA) is 108 Å². The summed E-state index contributed by atoms with van der Waals surface area (Å²) in [6.45, 7) is 2.08.